The number of nitrogens with one attached hydrogen (secondary N) is 1. The van der Waals surface area contributed by atoms with E-state index in [4.69, 9.17) is 23.2 Å². The maximum atomic E-state index is 12.0. The number of imidazole rings is 1. The van der Waals surface area contributed by atoms with Crippen LogP contribution in [0, 0.1) is 0 Å². The van der Waals surface area contributed by atoms with E-state index in [0.29, 0.717) is 16.6 Å². The zero-order chi connectivity index (χ0) is 13.4. The molecule has 0 bridgehead atoms. The Bertz CT molecular complexity index is 787. The van der Waals surface area contributed by atoms with Crippen LogP contribution in [-0.4, -0.2) is 9.55 Å². The summed E-state index contributed by atoms with van der Waals surface area (Å²) in [5.74, 6) is 0. The number of fused-ring (bicyclic) bond motifs is 1. The molecule has 5 heteroatoms. The van der Waals surface area contributed by atoms with Crippen molar-refractivity contribution < 1.29 is 0 Å². The van der Waals surface area contributed by atoms with Crippen molar-refractivity contribution in [2.45, 2.75) is 6.54 Å². The van der Waals surface area contributed by atoms with Crippen molar-refractivity contribution in [2.24, 2.45) is 0 Å². The predicted octanol–water partition coefficient (Wildman–Crippen LogP) is 3.68. The summed E-state index contributed by atoms with van der Waals surface area (Å²) >= 11 is 11.8. The van der Waals surface area contributed by atoms with Gasteiger partial charge in [-0.2, -0.15) is 0 Å². The van der Waals surface area contributed by atoms with E-state index in [1.165, 1.54) is 0 Å². The average molecular weight is 293 g/mol. The SMILES string of the molecule is O=c1[nH]c2cc(Cl)ccc2n1Cc1ccc(Cl)cc1. The molecule has 0 atom stereocenters. The third-order valence-electron chi connectivity index (χ3n) is 2.99. The number of benzene rings is 2. The molecule has 0 saturated heterocycles. The number of rotatable bonds is 2. The standard InChI is InChI=1S/C14H10Cl2N2O/c15-10-3-1-9(2-4-10)8-18-13-6-5-11(16)7-12(13)17-14(18)19/h1-7H,8H2,(H,17,19). The Morgan fingerprint density at radius 3 is 2.42 bits per heavy atom. The molecule has 0 aliphatic carbocycles. The van der Waals surface area contributed by atoms with Gasteiger partial charge in [0, 0.05) is 10.0 Å². The van der Waals surface area contributed by atoms with E-state index in [1.54, 1.807) is 16.7 Å². The fraction of sp³-hybridized carbons (Fsp3) is 0.0714. The van der Waals surface area contributed by atoms with Gasteiger partial charge in [-0.15, -0.1) is 0 Å². The summed E-state index contributed by atoms with van der Waals surface area (Å²) in [6.45, 7) is 0.498. The Kier molecular flexibility index (Phi) is 3.09. The lowest BCUT2D eigenvalue weighted by Crippen LogP contribution is -2.17. The summed E-state index contributed by atoms with van der Waals surface area (Å²) in [4.78, 5) is 14.8. The topological polar surface area (TPSA) is 37.8 Å². The van der Waals surface area contributed by atoms with Crippen LogP contribution in [0.5, 0.6) is 0 Å². The van der Waals surface area contributed by atoms with Gasteiger partial charge < -0.3 is 4.98 Å². The van der Waals surface area contributed by atoms with E-state index in [9.17, 15) is 4.79 Å². The van der Waals surface area contributed by atoms with Crippen LogP contribution in [0.2, 0.25) is 10.0 Å². The molecule has 0 aliphatic rings. The summed E-state index contributed by atoms with van der Waals surface area (Å²) in [5.41, 5.74) is 2.45. The van der Waals surface area contributed by atoms with Gasteiger partial charge >= 0.3 is 5.69 Å². The van der Waals surface area contributed by atoms with Crippen LogP contribution in [0.25, 0.3) is 11.0 Å². The molecule has 3 rings (SSSR count). The van der Waals surface area contributed by atoms with E-state index < -0.39 is 0 Å². The lowest BCUT2D eigenvalue weighted by Gasteiger charge is -2.04. The number of aromatic nitrogens is 2. The Labute approximate surface area is 119 Å². The molecule has 0 saturated carbocycles. The fourth-order valence-electron chi connectivity index (χ4n) is 2.07. The normalized spacial score (nSPS) is 11.1. The first-order chi connectivity index (χ1) is 9.13. The van der Waals surface area contributed by atoms with E-state index in [0.717, 1.165) is 16.6 Å². The second kappa shape index (κ2) is 4.76. The van der Waals surface area contributed by atoms with Crippen molar-refractivity contribution >= 4 is 34.2 Å². The minimum absolute atomic E-state index is 0.146. The Morgan fingerprint density at radius 1 is 1.00 bits per heavy atom. The number of hydrogen-bond donors (Lipinski definition) is 1. The molecule has 1 aromatic heterocycles. The quantitative estimate of drug-likeness (QED) is 0.769. The largest absolute Gasteiger partial charge is 0.326 e. The van der Waals surface area contributed by atoms with Gasteiger partial charge in [0.25, 0.3) is 0 Å². The number of hydrogen-bond acceptors (Lipinski definition) is 1. The van der Waals surface area contributed by atoms with Gasteiger partial charge in [-0.25, -0.2) is 4.79 Å². The molecule has 0 fully saturated rings. The van der Waals surface area contributed by atoms with Gasteiger partial charge in [0.2, 0.25) is 0 Å². The third kappa shape index (κ3) is 2.39. The van der Waals surface area contributed by atoms with E-state index in [2.05, 4.69) is 4.98 Å². The smallest absolute Gasteiger partial charge is 0.305 e. The van der Waals surface area contributed by atoms with Crippen molar-refractivity contribution in [2.75, 3.05) is 0 Å². The molecule has 0 unspecified atom stereocenters. The van der Waals surface area contributed by atoms with Gasteiger partial charge in [0.1, 0.15) is 0 Å². The van der Waals surface area contributed by atoms with Crippen LogP contribution >= 0.6 is 23.2 Å². The van der Waals surface area contributed by atoms with E-state index >= 15 is 0 Å². The molecule has 0 amide bonds. The van der Waals surface area contributed by atoms with Crippen LogP contribution in [0.3, 0.4) is 0 Å². The van der Waals surface area contributed by atoms with Crippen LogP contribution < -0.4 is 5.69 Å². The highest BCUT2D eigenvalue weighted by Gasteiger charge is 2.07. The zero-order valence-corrected chi connectivity index (χ0v) is 11.4. The third-order valence-corrected chi connectivity index (χ3v) is 3.48. The molecule has 19 heavy (non-hydrogen) atoms. The van der Waals surface area contributed by atoms with Crippen molar-refractivity contribution in [1.29, 1.82) is 0 Å². The molecule has 1 heterocycles. The Hall–Kier alpha value is -1.71. The highest BCUT2D eigenvalue weighted by atomic mass is 35.5. The lowest BCUT2D eigenvalue weighted by atomic mass is 10.2. The molecule has 2 aromatic carbocycles. The maximum Gasteiger partial charge on any atom is 0.326 e. The van der Waals surface area contributed by atoms with Crippen molar-refractivity contribution in [3.8, 4) is 0 Å². The first-order valence-electron chi connectivity index (χ1n) is 5.76. The van der Waals surface area contributed by atoms with Crippen molar-refractivity contribution in [1.82, 2.24) is 9.55 Å². The minimum Gasteiger partial charge on any atom is -0.305 e. The summed E-state index contributed by atoms with van der Waals surface area (Å²) in [7, 11) is 0. The first kappa shape index (κ1) is 12.3. The molecule has 1 N–H and O–H groups in total. The lowest BCUT2D eigenvalue weighted by molar-refractivity contribution is 0.787. The van der Waals surface area contributed by atoms with Gasteiger partial charge in [-0.1, -0.05) is 35.3 Å². The summed E-state index contributed by atoms with van der Waals surface area (Å²) in [6, 6.07) is 12.8. The fourth-order valence-corrected chi connectivity index (χ4v) is 2.36. The van der Waals surface area contributed by atoms with Crippen LogP contribution in [-0.2, 0) is 6.54 Å². The van der Waals surface area contributed by atoms with Crippen LogP contribution in [0.15, 0.2) is 47.3 Å². The average Bonchev–Trinajstić information content (AvgIpc) is 2.68. The van der Waals surface area contributed by atoms with Crippen molar-refractivity contribution in [3.05, 3.63) is 68.6 Å². The highest BCUT2D eigenvalue weighted by Crippen LogP contribution is 2.18. The minimum atomic E-state index is -0.146. The molecular formula is C14H10Cl2N2O. The second-order valence-electron chi connectivity index (χ2n) is 4.30. The molecule has 0 spiro atoms. The number of H-pyrrole nitrogens is 1. The number of nitrogens with zero attached hydrogens (tertiary/aromatic N) is 1. The van der Waals surface area contributed by atoms with Gasteiger partial charge in [0.05, 0.1) is 17.6 Å². The predicted molar refractivity (Wildman–Crippen MR) is 78.1 cm³/mol. The Balaban J connectivity index is 2.07. The zero-order valence-electron chi connectivity index (χ0n) is 9.86. The number of halogens is 2. The van der Waals surface area contributed by atoms with Gasteiger partial charge in [0.15, 0.2) is 0 Å². The van der Waals surface area contributed by atoms with Gasteiger partial charge in [-0.3, -0.25) is 4.57 Å². The summed E-state index contributed by atoms with van der Waals surface area (Å²) < 4.78 is 1.68. The van der Waals surface area contributed by atoms with Crippen LogP contribution in [0.4, 0.5) is 0 Å². The molecule has 0 radical (unpaired) electrons. The Morgan fingerprint density at radius 2 is 1.68 bits per heavy atom. The van der Waals surface area contributed by atoms with Crippen LogP contribution in [0.1, 0.15) is 5.56 Å². The number of aromatic amines is 1. The molecule has 3 nitrogen and oxygen atoms in total. The second-order valence-corrected chi connectivity index (χ2v) is 5.18. The molecule has 3 aromatic rings. The first-order valence-corrected chi connectivity index (χ1v) is 6.51. The summed E-state index contributed by atoms with van der Waals surface area (Å²) in [6.07, 6.45) is 0. The molecular weight excluding hydrogens is 283 g/mol. The van der Waals surface area contributed by atoms with Gasteiger partial charge in [-0.05, 0) is 35.9 Å². The van der Waals surface area contributed by atoms with Crippen molar-refractivity contribution in [3.63, 3.8) is 0 Å². The molecule has 96 valence electrons. The maximum absolute atomic E-state index is 12.0. The monoisotopic (exact) mass is 292 g/mol. The van der Waals surface area contributed by atoms with E-state index in [1.807, 2.05) is 30.3 Å². The van der Waals surface area contributed by atoms with E-state index in [-0.39, 0.29) is 5.69 Å². The molecule has 0 aliphatic heterocycles. The summed E-state index contributed by atoms with van der Waals surface area (Å²) in [5, 5.41) is 1.29. The highest BCUT2D eigenvalue weighted by molar-refractivity contribution is 6.31.